The van der Waals surface area contributed by atoms with Crippen LogP contribution < -0.4 is 4.74 Å². The maximum Gasteiger partial charge on any atom is 0.311 e. The molecule has 2 aromatic rings. The Morgan fingerprint density at radius 1 is 1.17 bits per heavy atom. The predicted octanol–water partition coefficient (Wildman–Crippen LogP) is 4.89. The molecular formula is C21H26O3. The molecule has 0 amide bonds. The number of para-hydroxylation sites is 1. The summed E-state index contributed by atoms with van der Waals surface area (Å²) < 4.78 is 5.86. The molecule has 2 rings (SSSR count). The molecule has 0 aliphatic carbocycles. The molecule has 3 nitrogen and oxygen atoms in total. The first-order valence-electron chi connectivity index (χ1n) is 8.53. The highest BCUT2D eigenvalue weighted by Gasteiger charge is 2.23. The topological polar surface area (TPSA) is 46.5 Å². The molecule has 3 heteroatoms. The minimum Gasteiger partial charge on any atom is -0.493 e. The zero-order valence-corrected chi connectivity index (χ0v) is 14.7. The SMILES string of the molecule is CCCCOc1ccccc1CC(C(=O)O)c1cc(C)ccc1C. The van der Waals surface area contributed by atoms with E-state index >= 15 is 0 Å². The van der Waals surface area contributed by atoms with Crippen LogP contribution in [-0.4, -0.2) is 17.7 Å². The standard InChI is InChI=1S/C21H26O3/c1-4-5-12-24-20-9-7-6-8-17(20)14-19(21(22)23)18-13-15(2)10-11-16(18)3/h6-11,13,19H,4-5,12,14H2,1-3H3,(H,22,23). The number of ether oxygens (including phenoxy) is 1. The Kier molecular flexibility index (Phi) is 6.42. The molecule has 2 aromatic carbocycles. The second kappa shape index (κ2) is 8.53. The summed E-state index contributed by atoms with van der Waals surface area (Å²) in [5.41, 5.74) is 3.92. The van der Waals surface area contributed by atoms with Crippen molar-refractivity contribution in [3.05, 3.63) is 64.7 Å². The summed E-state index contributed by atoms with van der Waals surface area (Å²) in [4.78, 5) is 11.9. The van der Waals surface area contributed by atoms with Crippen LogP contribution in [0.25, 0.3) is 0 Å². The molecular weight excluding hydrogens is 300 g/mol. The Bertz CT molecular complexity index is 691. The molecule has 0 radical (unpaired) electrons. The highest BCUT2D eigenvalue weighted by Crippen LogP contribution is 2.29. The van der Waals surface area contributed by atoms with Gasteiger partial charge < -0.3 is 9.84 Å². The number of carboxylic acids is 1. The lowest BCUT2D eigenvalue weighted by atomic mass is 9.88. The smallest absolute Gasteiger partial charge is 0.311 e. The molecule has 0 aliphatic heterocycles. The highest BCUT2D eigenvalue weighted by molar-refractivity contribution is 5.77. The van der Waals surface area contributed by atoms with Gasteiger partial charge in [0.25, 0.3) is 0 Å². The van der Waals surface area contributed by atoms with E-state index in [0.717, 1.165) is 40.8 Å². The molecule has 1 N–H and O–H groups in total. The maximum atomic E-state index is 11.9. The van der Waals surface area contributed by atoms with Crippen LogP contribution in [0.1, 0.15) is 47.9 Å². The van der Waals surface area contributed by atoms with Crippen molar-refractivity contribution < 1.29 is 14.6 Å². The van der Waals surface area contributed by atoms with Gasteiger partial charge in [0.1, 0.15) is 5.75 Å². The van der Waals surface area contributed by atoms with E-state index in [4.69, 9.17) is 4.74 Å². The van der Waals surface area contributed by atoms with Gasteiger partial charge in [0, 0.05) is 0 Å². The third-order valence-electron chi connectivity index (χ3n) is 4.26. The summed E-state index contributed by atoms with van der Waals surface area (Å²) in [7, 11) is 0. The van der Waals surface area contributed by atoms with Crippen LogP contribution in [-0.2, 0) is 11.2 Å². The molecule has 0 saturated carbocycles. The largest absolute Gasteiger partial charge is 0.493 e. The summed E-state index contributed by atoms with van der Waals surface area (Å²) in [6, 6.07) is 13.7. The number of aryl methyl sites for hydroxylation is 2. The number of carboxylic acid groups (broad SMARTS) is 1. The molecule has 0 spiro atoms. The monoisotopic (exact) mass is 326 g/mol. The fraction of sp³-hybridized carbons (Fsp3) is 0.381. The Labute approximate surface area is 144 Å². The van der Waals surface area contributed by atoms with Crippen molar-refractivity contribution in [1.29, 1.82) is 0 Å². The Morgan fingerprint density at radius 2 is 1.92 bits per heavy atom. The van der Waals surface area contributed by atoms with E-state index in [-0.39, 0.29) is 0 Å². The average Bonchev–Trinajstić information content (AvgIpc) is 2.56. The molecule has 24 heavy (non-hydrogen) atoms. The lowest BCUT2D eigenvalue weighted by molar-refractivity contribution is -0.138. The fourth-order valence-electron chi connectivity index (χ4n) is 2.83. The van der Waals surface area contributed by atoms with E-state index in [2.05, 4.69) is 6.92 Å². The lowest BCUT2D eigenvalue weighted by Gasteiger charge is -2.18. The molecule has 0 bridgehead atoms. The number of benzene rings is 2. The number of hydrogen-bond donors (Lipinski definition) is 1. The van der Waals surface area contributed by atoms with Gasteiger partial charge in [-0.3, -0.25) is 4.79 Å². The van der Waals surface area contributed by atoms with Crippen molar-refractivity contribution >= 4 is 5.97 Å². The van der Waals surface area contributed by atoms with E-state index in [1.807, 2.05) is 56.3 Å². The zero-order chi connectivity index (χ0) is 17.5. The van der Waals surface area contributed by atoms with Crippen molar-refractivity contribution in [3.8, 4) is 5.75 Å². The normalized spacial score (nSPS) is 12.0. The molecule has 0 fully saturated rings. The average molecular weight is 326 g/mol. The van der Waals surface area contributed by atoms with Crippen molar-refractivity contribution in [2.75, 3.05) is 6.61 Å². The van der Waals surface area contributed by atoms with Gasteiger partial charge in [0.05, 0.1) is 12.5 Å². The van der Waals surface area contributed by atoms with E-state index < -0.39 is 11.9 Å². The van der Waals surface area contributed by atoms with Gasteiger partial charge in [-0.1, -0.05) is 55.3 Å². The van der Waals surface area contributed by atoms with Crippen LogP contribution in [0.15, 0.2) is 42.5 Å². The summed E-state index contributed by atoms with van der Waals surface area (Å²) in [5.74, 6) is -0.574. The van der Waals surface area contributed by atoms with Crippen LogP contribution in [0.4, 0.5) is 0 Å². The number of rotatable bonds is 8. The Hall–Kier alpha value is -2.29. The summed E-state index contributed by atoms with van der Waals surface area (Å²) in [6.45, 7) is 6.74. The molecule has 128 valence electrons. The van der Waals surface area contributed by atoms with Gasteiger partial charge in [0.15, 0.2) is 0 Å². The summed E-state index contributed by atoms with van der Waals surface area (Å²) in [5, 5.41) is 9.77. The van der Waals surface area contributed by atoms with Gasteiger partial charge in [-0.05, 0) is 49.4 Å². The van der Waals surface area contributed by atoms with Crippen LogP contribution in [0.2, 0.25) is 0 Å². The van der Waals surface area contributed by atoms with Gasteiger partial charge in [-0.2, -0.15) is 0 Å². The summed E-state index contributed by atoms with van der Waals surface area (Å²) in [6.07, 6.45) is 2.50. The van der Waals surface area contributed by atoms with Crippen molar-refractivity contribution in [1.82, 2.24) is 0 Å². The first-order valence-corrected chi connectivity index (χ1v) is 8.53. The first kappa shape index (κ1) is 18.1. The lowest BCUT2D eigenvalue weighted by Crippen LogP contribution is -2.16. The molecule has 0 heterocycles. The first-order chi connectivity index (χ1) is 11.5. The van der Waals surface area contributed by atoms with Crippen molar-refractivity contribution in [2.45, 2.75) is 46.0 Å². The van der Waals surface area contributed by atoms with Crippen molar-refractivity contribution in [3.63, 3.8) is 0 Å². The van der Waals surface area contributed by atoms with Gasteiger partial charge in [-0.25, -0.2) is 0 Å². The number of hydrogen-bond acceptors (Lipinski definition) is 2. The highest BCUT2D eigenvalue weighted by atomic mass is 16.5. The third kappa shape index (κ3) is 4.60. The van der Waals surface area contributed by atoms with E-state index in [1.54, 1.807) is 0 Å². The zero-order valence-electron chi connectivity index (χ0n) is 14.7. The van der Waals surface area contributed by atoms with Crippen LogP contribution in [0, 0.1) is 13.8 Å². The van der Waals surface area contributed by atoms with E-state index in [1.165, 1.54) is 0 Å². The molecule has 1 atom stereocenters. The molecule has 0 aliphatic rings. The fourth-order valence-corrected chi connectivity index (χ4v) is 2.83. The minimum atomic E-state index is -0.799. The third-order valence-corrected chi connectivity index (χ3v) is 4.26. The van der Waals surface area contributed by atoms with Gasteiger partial charge in [0.2, 0.25) is 0 Å². The minimum absolute atomic E-state index is 0.432. The van der Waals surface area contributed by atoms with E-state index in [9.17, 15) is 9.90 Å². The number of unbranched alkanes of at least 4 members (excludes halogenated alkanes) is 1. The maximum absolute atomic E-state index is 11.9. The van der Waals surface area contributed by atoms with Gasteiger partial charge in [-0.15, -0.1) is 0 Å². The molecule has 0 saturated heterocycles. The van der Waals surface area contributed by atoms with Crippen LogP contribution in [0.5, 0.6) is 5.75 Å². The van der Waals surface area contributed by atoms with Gasteiger partial charge >= 0.3 is 5.97 Å². The van der Waals surface area contributed by atoms with Crippen LogP contribution >= 0.6 is 0 Å². The Balaban J connectivity index is 2.29. The van der Waals surface area contributed by atoms with Crippen molar-refractivity contribution in [2.24, 2.45) is 0 Å². The van der Waals surface area contributed by atoms with Crippen LogP contribution in [0.3, 0.4) is 0 Å². The predicted molar refractivity (Wildman–Crippen MR) is 96.8 cm³/mol. The second-order valence-electron chi connectivity index (χ2n) is 6.26. The quantitative estimate of drug-likeness (QED) is 0.702. The van der Waals surface area contributed by atoms with E-state index in [0.29, 0.717) is 13.0 Å². The second-order valence-corrected chi connectivity index (χ2v) is 6.26. The number of carbonyl (C=O) groups is 1. The number of aliphatic carboxylic acids is 1. The molecule has 1 unspecified atom stereocenters. The Morgan fingerprint density at radius 3 is 2.62 bits per heavy atom. The summed E-state index contributed by atoms with van der Waals surface area (Å²) >= 11 is 0. The molecule has 0 aromatic heterocycles.